The normalized spacial score (nSPS) is 12.0. The number of carbonyl (C=O) groups excluding carboxylic acids is 1. The number of aromatic nitrogens is 3. The number of benzene rings is 3. The highest BCUT2D eigenvalue weighted by molar-refractivity contribution is 7.99. The molecule has 4 rings (SSSR count). The second-order valence-electron chi connectivity index (χ2n) is 8.07. The van der Waals surface area contributed by atoms with E-state index in [1.807, 2.05) is 51.1 Å². The molecule has 7 nitrogen and oxygen atoms in total. The number of hydrogen-bond donors (Lipinski definition) is 2. The van der Waals surface area contributed by atoms with Crippen molar-refractivity contribution in [2.45, 2.75) is 38.6 Å². The molecule has 1 atom stereocenters. The largest absolute Gasteiger partial charge is 0.486 e. The third kappa shape index (κ3) is 5.64. The van der Waals surface area contributed by atoms with Gasteiger partial charge in [0.25, 0.3) is 0 Å². The number of nitrogens with zero attached hydrogens (tertiary/aromatic N) is 3. The van der Waals surface area contributed by atoms with Gasteiger partial charge >= 0.3 is 0 Å². The zero-order valence-corrected chi connectivity index (χ0v) is 19.7. The monoisotopic (exact) mass is 461 g/mol. The minimum absolute atomic E-state index is 0.100. The first kappa shape index (κ1) is 22.7. The molecule has 1 unspecified atom stereocenters. The Kier molecular flexibility index (Phi) is 6.84. The van der Waals surface area contributed by atoms with E-state index < -0.39 is 0 Å². The number of aryl methyl sites for hydroxylation is 2. The van der Waals surface area contributed by atoms with Gasteiger partial charge in [0.05, 0.1) is 11.8 Å². The summed E-state index contributed by atoms with van der Waals surface area (Å²) in [6.07, 6.45) is 0. The van der Waals surface area contributed by atoms with Crippen molar-refractivity contribution in [3.8, 4) is 5.75 Å². The first-order valence-electron chi connectivity index (χ1n) is 10.7. The van der Waals surface area contributed by atoms with E-state index in [0.29, 0.717) is 11.0 Å². The molecular formula is C25H27N5O2S. The fourth-order valence-electron chi connectivity index (χ4n) is 3.64. The summed E-state index contributed by atoms with van der Waals surface area (Å²) in [7, 11) is 0. The fourth-order valence-corrected chi connectivity index (χ4v) is 4.33. The summed E-state index contributed by atoms with van der Waals surface area (Å²) in [5, 5.41) is 14.0. The molecule has 0 aliphatic rings. The number of thioether (sulfide) groups is 1. The lowest BCUT2D eigenvalue weighted by molar-refractivity contribution is -0.119. The number of fused-ring (bicyclic) bond motifs is 1. The Balaban J connectivity index is 1.31. The van der Waals surface area contributed by atoms with Crippen molar-refractivity contribution in [1.29, 1.82) is 0 Å². The number of nitrogens with two attached hydrogens (primary N) is 1. The van der Waals surface area contributed by atoms with Crippen LogP contribution in [0.25, 0.3) is 10.8 Å². The van der Waals surface area contributed by atoms with E-state index in [1.165, 1.54) is 21.8 Å². The highest BCUT2D eigenvalue weighted by atomic mass is 32.2. The minimum Gasteiger partial charge on any atom is -0.486 e. The molecule has 0 aliphatic carbocycles. The zero-order chi connectivity index (χ0) is 23.4. The van der Waals surface area contributed by atoms with Gasteiger partial charge in [-0.3, -0.25) is 4.79 Å². The Morgan fingerprint density at radius 3 is 2.55 bits per heavy atom. The van der Waals surface area contributed by atoms with Gasteiger partial charge in [-0.15, -0.1) is 10.2 Å². The summed E-state index contributed by atoms with van der Waals surface area (Å²) in [5.41, 5.74) is 3.30. The van der Waals surface area contributed by atoms with E-state index in [4.69, 9.17) is 10.6 Å². The second kappa shape index (κ2) is 9.95. The average molecular weight is 462 g/mol. The van der Waals surface area contributed by atoms with Crippen molar-refractivity contribution < 1.29 is 9.53 Å². The van der Waals surface area contributed by atoms with Gasteiger partial charge in [-0.25, -0.2) is 4.68 Å². The van der Waals surface area contributed by atoms with E-state index >= 15 is 0 Å². The van der Waals surface area contributed by atoms with Crippen molar-refractivity contribution in [2.24, 2.45) is 0 Å². The first-order valence-corrected chi connectivity index (χ1v) is 11.7. The Morgan fingerprint density at radius 2 is 1.79 bits per heavy atom. The van der Waals surface area contributed by atoms with E-state index in [9.17, 15) is 4.79 Å². The molecule has 0 radical (unpaired) electrons. The number of ether oxygens (including phenoxy) is 1. The van der Waals surface area contributed by atoms with Crippen LogP contribution in [0.5, 0.6) is 5.75 Å². The molecule has 0 bridgehead atoms. The van der Waals surface area contributed by atoms with Crippen LogP contribution in [0.1, 0.15) is 35.5 Å². The summed E-state index contributed by atoms with van der Waals surface area (Å²) in [4.78, 5) is 12.5. The highest BCUT2D eigenvalue weighted by Crippen LogP contribution is 2.22. The van der Waals surface area contributed by atoms with Crippen LogP contribution < -0.4 is 15.9 Å². The van der Waals surface area contributed by atoms with Crippen LogP contribution in [-0.4, -0.2) is 26.5 Å². The van der Waals surface area contributed by atoms with Crippen LogP contribution in [0, 0.1) is 13.8 Å². The first-order chi connectivity index (χ1) is 15.9. The van der Waals surface area contributed by atoms with Gasteiger partial charge in [-0.2, -0.15) is 0 Å². The molecule has 1 aromatic heterocycles. The number of rotatable bonds is 8. The topological polar surface area (TPSA) is 95.1 Å². The Bertz CT molecular complexity index is 1270. The SMILES string of the molecule is Cc1cc(C)cc(OCc2nnc(SCC(=O)NC(C)c3ccc4ccccc4c3)n2N)c1. The third-order valence-corrected chi connectivity index (χ3v) is 6.22. The quantitative estimate of drug-likeness (QED) is 0.300. The molecule has 170 valence electrons. The fraction of sp³-hybridized carbons (Fsp3) is 0.240. The Morgan fingerprint density at radius 1 is 1.06 bits per heavy atom. The van der Waals surface area contributed by atoms with Crippen LogP contribution in [0.4, 0.5) is 0 Å². The smallest absolute Gasteiger partial charge is 0.230 e. The maximum Gasteiger partial charge on any atom is 0.230 e. The van der Waals surface area contributed by atoms with Crippen molar-refractivity contribution in [3.05, 3.63) is 83.2 Å². The molecule has 0 saturated heterocycles. The molecule has 3 N–H and O–H groups in total. The summed E-state index contributed by atoms with van der Waals surface area (Å²) >= 11 is 1.24. The van der Waals surface area contributed by atoms with Crippen LogP contribution in [0.15, 0.2) is 65.8 Å². The maximum atomic E-state index is 12.5. The number of amides is 1. The van der Waals surface area contributed by atoms with Gasteiger partial charge in [-0.1, -0.05) is 54.2 Å². The molecule has 1 heterocycles. The zero-order valence-electron chi connectivity index (χ0n) is 18.9. The molecule has 3 aromatic carbocycles. The maximum absolute atomic E-state index is 12.5. The molecule has 0 aliphatic heterocycles. The van der Waals surface area contributed by atoms with E-state index in [0.717, 1.165) is 27.8 Å². The van der Waals surface area contributed by atoms with Gasteiger partial charge in [0.15, 0.2) is 5.82 Å². The lowest BCUT2D eigenvalue weighted by Crippen LogP contribution is -2.28. The highest BCUT2D eigenvalue weighted by Gasteiger charge is 2.15. The van der Waals surface area contributed by atoms with Gasteiger partial charge < -0.3 is 15.9 Å². The summed E-state index contributed by atoms with van der Waals surface area (Å²) in [6.45, 7) is 6.20. The molecule has 0 fully saturated rings. The van der Waals surface area contributed by atoms with E-state index in [2.05, 4.69) is 45.8 Å². The van der Waals surface area contributed by atoms with Crippen LogP contribution in [0.3, 0.4) is 0 Å². The molecule has 0 saturated carbocycles. The Hall–Kier alpha value is -3.52. The van der Waals surface area contributed by atoms with Crippen LogP contribution in [-0.2, 0) is 11.4 Å². The van der Waals surface area contributed by atoms with Crippen molar-refractivity contribution in [1.82, 2.24) is 20.2 Å². The molecule has 4 aromatic rings. The lowest BCUT2D eigenvalue weighted by atomic mass is 10.0. The predicted octanol–water partition coefficient (Wildman–Crippen LogP) is 4.31. The molecule has 33 heavy (non-hydrogen) atoms. The van der Waals surface area contributed by atoms with E-state index in [1.54, 1.807) is 0 Å². The summed E-state index contributed by atoms with van der Waals surface area (Å²) in [5.74, 6) is 7.45. The third-order valence-electron chi connectivity index (χ3n) is 5.28. The molecule has 0 spiro atoms. The predicted molar refractivity (Wildman–Crippen MR) is 132 cm³/mol. The van der Waals surface area contributed by atoms with Crippen molar-refractivity contribution >= 4 is 28.4 Å². The van der Waals surface area contributed by atoms with Gasteiger partial charge in [0.1, 0.15) is 12.4 Å². The molecule has 8 heteroatoms. The standard InChI is InChI=1S/C25H27N5O2S/c1-16-10-17(2)12-22(11-16)32-14-23-28-29-25(30(23)26)33-15-24(31)27-18(3)20-9-8-19-6-4-5-7-21(19)13-20/h4-13,18H,14-15,26H2,1-3H3,(H,27,31). The van der Waals surface area contributed by atoms with E-state index in [-0.39, 0.29) is 24.3 Å². The van der Waals surface area contributed by atoms with Crippen LogP contribution in [0.2, 0.25) is 0 Å². The summed E-state index contributed by atoms with van der Waals surface area (Å²) in [6, 6.07) is 20.3. The molecule has 1 amide bonds. The molecular weight excluding hydrogens is 434 g/mol. The van der Waals surface area contributed by atoms with Gasteiger partial charge in [-0.05, 0) is 66.4 Å². The lowest BCUT2D eigenvalue weighted by Gasteiger charge is -2.15. The van der Waals surface area contributed by atoms with Crippen molar-refractivity contribution in [2.75, 3.05) is 11.6 Å². The van der Waals surface area contributed by atoms with Gasteiger partial charge in [0, 0.05) is 0 Å². The van der Waals surface area contributed by atoms with Gasteiger partial charge in [0.2, 0.25) is 11.1 Å². The number of carbonyl (C=O) groups is 1. The van der Waals surface area contributed by atoms with Crippen LogP contribution >= 0.6 is 11.8 Å². The Labute approximate surface area is 197 Å². The second-order valence-corrected chi connectivity index (χ2v) is 9.01. The minimum atomic E-state index is -0.111. The number of hydrogen-bond acceptors (Lipinski definition) is 6. The van der Waals surface area contributed by atoms with Crippen molar-refractivity contribution in [3.63, 3.8) is 0 Å². The average Bonchev–Trinajstić information content (AvgIpc) is 3.14. The number of nitrogen functional groups attached to an aromatic ring is 1. The summed E-state index contributed by atoms with van der Waals surface area (Å²) < 4.78 is 7.18. The number of nitrogens with one attached hydrogen (secondary N) is 1.